The van der Waals surface area contributed by atoms with E-state index in [-0.39, 0.29) is 11.6 Å². The lowest BCUT2D eigenvalue weighted by Crippen LogP contribution is -2.43. The first-order chi connectivity index (χ1) is 17.8. The normalized spacial score (nSPS) is 14.3. The molecule has 11 heteroatoms. The summed E-state index contributed by atoms with van der Waals surface area (Å²) in [5, 5.41) is 24.9. The number of carbonyl (C=O) groups is 1. The van der Waals surface area contributed by atoms with Crippen molar-refractivity contribution in [3.8, 4) is 17.1 Å². The molecule has 4 heterocycles. The van der Waals surface area contributed by atoms with Crippen molar-refractivity contribution >= 4 is 17.4 Å². The molecule has 1 fully saturated rings. The van der Waals surface area contributed by atoms with Crippen molar-refractivity contribution < 1.29 is 14.6 Å². The van der Waals surface area contributed by atoms with E-state index in [0.717, 1.165) is 17.1 Å². The monoisotopic (exact) mass is 504 g/mol. The highest BCUT2D eigenvalue weighted by molar-refractivity contribution is 5.93. The van der Waals surface area contributed by atoms with Gasteiger partial charge in [-0.05, 0) is 32.9 Å². The van der Waals surface area contributed by atoms with E-state index in [1.165, 1.54) is 5.56 Å². The van der Waals surface area contributed by atoms with Crippen molar-refractivity contribution in [1.29, 1.82) is 0 Å². The van der Waals surface area contributed by atoms with Gasteiger partial charge in [-0.1, -0.05) is 23.8 Å². The number of nitrogens with one attached hydrogen (secondary N) is 2. The summed E-state index contributed by atoms with van der Waals surface area (Å²) in [6, 6.07) is 13.8. The Morgan fingerprint density at radius 2 is 1.92 bits per heavy atom. The van der Waals surface area contributed by atoms with E-state index >= 15 is 0 Å². The van der Waals surface area contributed by atoms with E-state index in [1.54, 1.807) is 29.1 Å². The first kappa shape index (κ1) is 24.9. The Kier molecular flexibility index (Phi) is 6.92. The Hall–Kier alpha value is -3.80. The molecule has 0 spiro atoms. The minimum absolute atomic E-state index is 0.267. The van der Waals surface area contributed by atoms with Gasteiger partial charge in [0.05, 0.1) is 18.9 Å². The molecule has 0 atom stereocenters. The molecule has 3 aromatic heterocycles. The summed E-state index contributed by atoms with van der Waals surface area (Å²) in [6.45, 7) is 8.76. The summed E-state index contributed by atoms with van der Waals surface area (Å²) >= 11 is 0. The fraction of sp³-hybridized carbons (Fsp3) is 0.385. The third kappa shape index (κ3) is 5.79. The van der Waals surface area contributed by atoms with Gasteiger partial charge in [0.1, 0.15) is 11.5 Å². The van der Waals surface area contributed by atoms with Crippen molar-refractivity contribution in [3.05, 3.63) is 59.9 Å². The third-order valence-corrected chi connectivity index (χ3v) is 6.07. The predicted molar refractivity (Wildman–Crippen MR) is 140 cm³/mol. The quantitative estimate of drug-likeness (QED) is 0.245. The Morgan fingerprint density at radius 3 is 2.68 bits per heavy atom. The van der Waals surface area contributed by atoms with Gasteiger partial charge in [0.25, 0.3) is 5.91 Å². The number of benzene rings is 1. The van der Waals surface area contributed by atoms with Gasteiger partial charge in [0.2, 0.25) is 0 Å². The maximum Gasteiger partial charge on any atom is 0.271 e. The molecule has 1 aliphatic heterocycles. The van der Waals surface area contributed by atoms with Gasteiger partial charge in [0, 0.05) is 50.1 Å². The van der Waals surface area contributed by atoms with Gasteiger partial charge < -0.3 is 20.1 Å². The fourth-order valence-corrected chi connectivity index (χ4v) is 4.24. The van der Waals surface area contributed by atoms with Crippen LogP contribution in [0, 0.1) is 6.92 Å². The third-order valence-electron chi connectivity index (χ3n) is 6.07. The van der Waals surface area contributed by atoms with Crippen LogP contribution < -0.4 is 15.5 Å². The number of rotatable bonds is 8. The first-order valence-corrected chi connectivity index (χ1v) is 12.4. The van der Waals surface area contributed by atoms with Gasteiger partial charge in [-0.3, -0.25) is 10.1 Å². The van der Waals surface area contributed by atoms with E-state index in [9.17, 15) is 9.90 Å². The number of fused-ring (bicyclic) bond motifs is 1. The van der Waals surface area contributed by atoms with Crippen molar-refractivity contribution in [1.82, 2.24) is 35.0 Å². The highest BCUT2D eigenvalue weighted by Crippen LogP contribution is 2.24. The van der Waals surface area contributed by atoms with Gasteiger partial charge in [-0.25, -0.2) is 9.67 Å². The smallest absolute Gasteiger partial charge is 0.271 e. The molecule has 0 unspecified atom stereocenters. The Labute approximate surface area is 215 Å². The van der Waals surface area contributed by atoms with Crippen molar-refractivity contribution in [2.75, 3.05) is 44.3 Å². The number of hydrogen-bond donors (Lipinski definition) is 3. The molecule has 5 rings (SSSR count). The summed E-state index contributed by atoms with van der Waals surface area (Å²) in [5.74, 6) is 1.14. The molecular formula is C26H32N8O3. The Bertz CT molecular complexity index is 1400. The highest BCUT2D eigenvalue weighted by atomic mass is 16.5. The van der Waals surface area contributed by atoms with Crippen LogP contribution >= 0.6 is 0 Å². The maximum absolute atomic E-state index is 12.8. The van der Waals surface area contributed by atoms with Crippen molar-refractivity contribution in [2.24, 2.45) is 0 Å². The van der Waals surface area contributed by atoms with Crippen LogP contribution in [0.3, 0.4) is 0 Å². The second-order valence-electron chi connectivity index (χ2n) is 9.63. The molecule has 37 heavy (non-hydrogen) atoms. The van der Waals surface area contributed by atoms with Crippen LogP contribution in [-0.2, 0) is 4.74 Å². The molecular weight excluding hydrogens is 472 g/mol. The molecule has 11 nitrogen and oxygen atoms in total. The van der Waals surface area contributed by atoms with Gasteiger partial charge in [0.15, 0.2) is 17.2 Å². The minimum Gasteiger partial charge on any atom is -0.378 e. The summed E-state index contributed by atoms with van der Waals surface area (Å²) in [5.41, 5.74) is 2.87. The number of hydrogen-bond acceptors (Lipinski definition) is 8. The number of morpholine rings is 1. The van der Waals surface area contributed by atoms with E-state index < -0.39 is 5.72 Å². The number of carbonyl (C=O) groups excluding carboxylic acids is 1. The second kappa shape index (κ2) is 10.3. The summed E-state index contributed by atoms with van der Waals surface area (Å²) in [7, 11) is 0. The topological polar surface area (TPSA) is 122 Å². The van der Waals surface area contributed by atoms with Gasteiger partial charge in [-0.15, -0.1) is 0 Å². The number of nitrogens with zero attached hydrogens (tertiary/aromatic N) is 6. The van der Waals surface area contributed by atoms with Crippen LogP contribution in [0.4, 0.5) is 5.82 Å². The fourth-order valence-electron chi connectivity index (χ4n) is 4.24. The number of aromatic nitrogens is 5. The predicted octanol–water partition coefficient (Wildman–Crippen LogP) is 1.77. The molecule has 3 N–H and O–H groups in total. The molecule has 0 radical (unpaired) electrons. The number of amides is 1. The molecule has 1 aliphatic rings. The molecule has 0 bridgehead atoms. The molecule has 1 amide bonds. The van der Waals surface area contributed by atoms with Crippen LogP contribution in [0.25, 0.3) is 22.7 Å². The van der Waals surface area contributed by atoms with Crippen LogP contribution in [0.2, 0.25) is 0 Å². The summed E-state index contributed by atoms with van der Waals surface area (Å²) in [4.78, 5) is 19.8. The molecule has 0 saturated carbocycles. The number of anilines is 1. The lowest BCUT2D eigenvalue weighted by Gasteiger charge is -2.29. The molecule has 1 saturated heterocycles. The first-order valence-electron chi connectivity index (χ1n) is 12.4. The van der Waals surface area contributed by atoms with Crippen LogP contribution in [0.5, 0.6) is 0 Å². The zero-order chi connectivity index (χ0) is 26.0. The number of ether oxygens (including phenoxy) is 1. The zero-order valence-corrected chi connectivity index (χ0v) is 21.3. The average molecular weight is 505 g/mol. The van der Waals surface area contributed by atoms with E-state index in [2.05, 4.69) is 39.7 Å². The second-order valence-corrected chi connectivity index (χ2v) is 9.63. The number of aliphatic hydroxyl groups is 1. The average Bonchev–Trinajstić information content (AvgIpc) is 3.54. The van der Waals surface area contributed by atoms with Gasteiger partial charge >= 0.3 is 0 Å². The standard InChI is InChI=1S/C26H32N8O3/c1-18-5-4-6-19(15-18)20-7-10-33(30-20)22-17-24(32-11-13-37-14-12-32)34-23(29-22)16-21(31-34)25(35)27-8-9-28-26(2,3)36/h4-7,10,15-17,28,36H,8-9,11-14H2,1-3H3,(H,27,35). The maximum atomic E-state index is 12.8. The lowest BCUT2D eigenvalue weighted by atomic mass is 10.1. The van der Waals surface area contributed by atoms with Crippen LogP contribution in [0.15, 0.2) is 48.7 Å². The van der Waals surface area contributed by atoms with Crippen LogP contribution in [0.1, 0.15) is 29.9 Å². The van der Waals surface area contributed by atoms with E-state index in [4.69, 9.17) is 14.8 Å². The summed E-state index contributed by atoms with van der Waals surface area (Å²) in [6.07, 6.45) is 1.89. The van der Waals surface area contributed by atoms with E-state index in [0.29, 0.717) is 50.9 Å². The molecule has 194 valence electrons. The van der Waals surface area contributed by atoms with E-state index in [1.807, 2.05) is 30.5 Å². The number of aryl methyl sites for hydroxylation is 1. The van der Waals surface area contributed by atoms with Crippen LogP contribution in [-0.4, -0.2) is 80.5 Å². The molecule has 1 aromatic carbocycles. The Morgan fingerprint density at radius 1 is 1.11 bits per heavy atom. The van der Waals surface area contributed by atoms with Crippen molar-refractivity contribution in [3.63, 3.8) is 0 Å². The molecule has 4 aromatic rings. The van der Waals surface area contributed by atoms with Gasteiger partial charge in [-0.2, -0.15) is 14.7 Å². The SMILES string of the molecule is Cc1cccc(-c2ccn(-c3cc(N4CCOCC4)n4nc(C(=O)NCCNC(C)(C)O)cc4n3)n2)c1. The van der Waals surface area contributed by atoms with Crippen molar-refractivity contribution in [2.45, 2.75) is 26.5 Å². The Balaban J connectivity index is 1.46. The molecule has 0 aliphatic carbocycles. The lowest BCUT2D eigenvalue weighted by molar-refractivity contribution is 0.0440. The summed E-state index contributed by atoms with van der Waals surface area (Å²) < 4.78 is 8.98. The zero-order valence-electron chi connectivity index (χ0n) is 21.3. The minimum atomic E-state index is -1.01. The largest absolute Gasteiger partial charge is 0.378 e. The highest BCUT2D eigenvalue weighted by Gasteiger charge is 2.21.